The molecule has 0 bridgehead atoms. The van der Waals surface area contributed by atoms with Crippen molar-refractivity contribution in [1.29, 1.82) is 0 Å². The van der Waals surface area contributed by atoms with Crippen LogP contribution in [0.15, 0.2) is 48.6 Å². The van der Waals surface area contributed by atoms with Gasteiger partial charge in [0.2, 0.25) is 5.79 Å². The summed E-state index contributed by atoms with van der Waals surface area (Å²) in [5.74, 6) is -1.60. The molecule has 0 unspecified atom stereocenters. The molecule has 1 saturated carbocycles. The standard InChI is InChI=1S/C29H32O4/c1-18-16-22-23(28(4,5)13-12-27(22,2)3)17-21(18)29(32-14-15-33-29)20-8-6-19(7-9-20)26-24(30)10-11-25(26)31/h6-9,12-13,16-17,26H,10-11,14-15H2,1-5H3. The van der Waals surface area contributed by atoms with Gasteiger partial charge in [0.05, 0.1) is 13.2 Å². The summed E-state index contributed by atoms with van der Waals surface area (Å²) < 4.78 is 12.7. The SMILES string of the molecule is Cc1cc2c(cc1C1(c3ccc(C4C(=O)CCC4=O)cc3)OCCO1)C(C)(C)C=CC2(C)C. The number of fused-ring (bicyclic) bond motifs is 1. The van der Waals surface area contributed by atoms with E-state index >= 15 is 0 Å². The van der Waals surface area contributed by atoms with Crippen molar-refractivity contribution in [2.45, 2.75) is 70.0 Å². The van der Waals surface area contributed by atoms with Crippen LogP contribution in [0.25, 0.3) is 0 Å². The fourth-order valence-electron chi connectivity index (χ4n) is 5.60. The lowest BCUT2D eigenvalue weighted by atomic mass is 9.66. The van der Waals surface area contributed by atoms with Gasteiger partial charge in [-0.15, -0.1) is 0 Å². The van der Waals surface area contributed by atoms with E-state index in [1.54, 1.807) is 0 Å². The maximum Gasteiger partial charge on any atom is 0.222 e. The zero-order valence-corrected chi connectivity index (χ0v) is 20.2. The van der Waals surface area contributed by atoms with Crippen molar-refractivity contribution >= 4 is 11.6 Å². The Morgan fingerprint density at radius 3 is 1.82 bits per heavy atom. The topological polar surface area (TPSA) is 52.6 Å². The van der Waals surface area contributed by atoms with Gasteiger partial charge in [0, 0.05) is 34.8 Å². The number of hydrogen-bond acceptors (Lipinski definition) is 4. The van der Waals surface area contributed by atoms with Crippen molar-refractivity contribution < 1.29 is 19.1 Å². The Labute approximate surface area is 196 Å². The third-order valence-corrected chi connectivity index (χ3v) is 7.60. The second kappa shape index (κ2) is 7.48. The molecule has 4 heteroatoms. The molecule has 2 fully saturated rings. The third-order valence-electron chi connectivity index (χ3n) is 7.60. The molecular weight excluding hydrogens is 412 g/mol. The largest absolute Gasteiger partial charge is 0.340 e. The van der Waals surface area contributed by atoms with Crippen LogP contribution in [0.3, 0.4) is 0 Å². The highest BCUT2D eigenvalue weighted by Gasteiger charge is 2.44. The van der Waals surface area contributed by atoms with E-state index in [9.17, 15) is 9.59 Å². The van der Waals surface area contributed by atoms with Crippen molar-refractivity contribution in [3.05, 3.63) is 81.9 Å². The van der Waals surface area contributed by atoms with Crippen LogP contribution >= 0.6 is 0 Å². The zero-order chi connectivity index (χ0) is 23.6. The lowest BCUT2D eigenvalue weighted by Gasteiger charge is -2.39. The highest BCUT2D eigenvalue weighted by atomic mass is 16.7. The van der Waals surface area contributed by atoms with Gasteiger partial charge in [0.1, 0.15) is 17.5 Å². The minimum Gasteiger partial charge on any atom is -0.340 e. The Bertz CT molecular complexity index is 1140. The summed E-state index contributed by atoms with van der Waals surface area (Å²) in [5.41, 5.74) is 6.26. The van der Waals surface area contributed by atoms with Crippen LogP contribution in [0.1, 0.15) is 79.8 Å². The number of rotatable bonds is 3. The molecule has 3 aliphatic rings. The maximum absolute atomic E-state index is 12.2. The van der Waals surface area contributed by atoms with Gasteiger partial charge in [-0.1, -0.05) is 70.2 Å². The first-order valence-corrected chi connectivity index (χ1v) is 11.9. The first kappa shape index (κ1) is 22.2. The lowest BCUT2D eigenvalue weighted by molar-refractivity contribution is -0.130. The van der Waals surface area contributed by atoms with Crippen LogP contribution in [0.4, 0.5) is 0 Å². The van der Waals surface area contributed by atoms with Crippen LogP contribution in [-0.2, 0) is 35.7 Å². The molecule has 172 valence electrons. The van der Waals surface area contributed by atoms with Gasteiger partial charge in [-0.25, -0.2) is 0 Å². The van der Waals surface area contributed by atoms with Gasteiger partial charge in [-0.3, -0.25) is 9.59 Å². The molecule has 4 nitrogen and oxygen atoms in total. The van der Waals surface area contributed by atoms with Gasteiger partial charge in [-0.2, -0.15) is 0 Å². The second-order valence-corrected chi connectivity index (χ2v) is 10.8. The summed E-state index contributed by atoms with van der Waals surface area (Å²) in [5, 5.41) is 0. The Hall–Kier alpha value is -2.56. The minimum atomic E-state index is -0.997. The van der Waals surface area contributed by atoms with E-state index in [2.05, 4.69) is 58.9 Å². The van der Waals surface area contributed by atoms with Gasteiger partial charge >= 0.3 is 0 Å². The fraction of sp³-hybridized carbons (Fsp3) is 0.448. The highest BCUT2D eigenvalue weighted by molar-refractivity contribution is 6.13. The van der Waals surface area contributed by atoms with Crippen molar-refractivity contribution in [3.8, 4) is 0 Å². The summed E-state index contributed by atoms with van der Waals surface area (Å²) in [4.78, 5) is 24.5. The zero-order valence-electron chi connectivity index (χ0n) is 20.2. The smallest absolute Gasteiger partial charge is 0.222 e. The normalized spacial score (nSPS) is 23.2. The van der Waals surface area contributed by atoms with Crippen molar-refractivity contribution in [2.75, 3.05) is 13.2 Å². The molecule has 0 spiro atoms. The van der Waals surface area contributed by atoms with Crippen LogP contribution in [0, 0.1) is 6.92 Å². The maximum atomic E-state index is 12.2. The lowest BCUT2D eigenvalue weighted by Crippen LogP contribution is -2.34. The number of benzene rings is 2. The summed E-state index contributed by atoms with van der Waals surface area (Å²) in [6.45, 7) is 12.1. The predicted octanol–water partition coefficient (Wildman–Crippen LogP) is 5.38. The second-order valence-electron chi connectivity index (χ2n) is 10.8. The highest BCUT2D eigenvalue weighted by Crippen LogP contribution is 2.47. The van der Waals surface area contributed by atoms with E-state index < -0.39 is 11.7 Å². The Balaban J connectivity index is 1.62. The molecule has 0 radical (unpaired) electrons. The van der Waals surface area contributed by atoms with E-state index in [1.165, 1.54) is 11.1 Å². The van der Waals surface area contributed by atoms with Crippen LogP contribution in [-0.4, -0.2) is 24.8 Å². The van der Waals surface area contributed by atoms with Gasteiger partial charge in [0.25, 0.3) is 0 Å². The summed E-state index contributed by atoms with van der Waals surface area (Å²) in [7, 11) is 0. The number of ether oxygens (including phenoxy) is 2. The van der Waals surface area contributed by atoms with Crippen molar-refractivity contribution in [2.24, 2.45) is 0 Å². The Morgan fingerprint density at radius 2 is 1.27 bits per heavy atom. The average molecular weight is 445 g/mol. The number of Topliss-reactive ketones (excluding diaryl/α,β-unsaturated/α-hetero) is 2. The van der Waals surface area contributed by atoms with Crippen molar-refractivity contribution in [3.63, 3.8) is 0 Å². The first-order chi connectivity index (χ1) is 15.6. The van der Waals surface area contributed by atoms with Crippen molar-refractivity contribution in [1.82, 2.24) is 0 Å². The van der Waals surface area contributed by atoms with Crippen LogP contribution in [0.2, 0.25) is 0 Å². The van der Waals surface area contributed by atoms with E-state index in [0.717, 1.165) is 22.3 Å². The van der Waals surface area contributed by atoms with Gasteiger partial charge < -0.3 is 9.47 Å². The monoisotopic (exact) mass is 444 g/mol. The number of carbonyl (C=O) groups is 2. The quantitative estimate of drug-likeness (QED) is 0.471. The number of ketones is 2. The number of hydrogen-bond donors (Lipinski definition) is 0. The summed E-state index contributed by atoms with van der Waals surface area (Å²) in [6.07, 6.45) is 5.28. The molecule has 2 aliphatic carbocycles. The van der Waals surface area contributed by atoms with E-state index in [0.29, 0.717) is 26.1 Å². The van der Waals surface area contributed by atoms with Crippen LogP contribution < -0.4 is 0 Å². The van der Waals surface area contributed by atoms with E-state index in [1.807, 2.05) is 24.3 Å². The number of carbonyl (C=O) groups excluding carboxylic acids is 2. The summed E-state index contributed by atoms with van der Waals surface area (Å²) >= 11 is 0. The molecule has 0 atom stereocenters. The molecule has 5 rings (SSSR count). The molecule has 2 aromatic carbocycles. The van der Waals surface area contributed by atoms with Crippen LogP contribution in [0.5, 0.6) is 0 Å². The predicted molar refractivity (Wildman–Crippen MR) is 127 cm³/mol. The first-order valence-electron chi connectivity index (χ1n) is 11.9. The molecule has 1 saturated heterocycles. The summed E-state index contributed by atoms with van der Waals surface area (Å²) in [6, 6.07) is 12.2. The Kier molecular flexibility index (Phi) is 5.04. The van der Waals surface area contributed by atoms with Gasteiger partial charge in [-0.05, 0) is 35.2 Å². The molecule has 1 heterocycles. The third kappa shape index (κ3) is 3.43. The average Bonchev–Trinajstić information content (AvgIpc) is 3.39. The van der Waals surface area contributed by atoms with E-state index in [4.69, 9.17) is 9.47 Å². The molecule has 0 N–H and O–H groups in total. The molecule has 33 heavy (non-hydrogen) atoms. The number of aryl methyl sites for hydroxylation is 1. The van der Waals surface area contributed by atoms with Gasteiger partial charge in [0.15, 0.2) is 0 Å². The molecule has 0 aromatic heterocycles. The molecular formula is C29H32O4. The van der Waals surface area contributed by atoms with E-state index in [-0.39, 0.29) is 22.4 Å². The molecule has 2 aromatic rings. The molecule has 1 aliphatic heterocycles. The minimum absolute atomic E-state index is 0.0132. The Morgan fingerprint density at radius 1 is 0.758 bits per heavy atom. The fourth-order valence-corrected chi connectivity index (χ4v) is 5.60. The molecule has 0 amide bonds. The number of allylic oxidation sites excluding steroid dienone is 2.